The average molecular weight is 147 g/mol. The van der Waals surface area contributed by atoms with Crippen LogP contribution in [-0.4, -0.2) is 19.9 Å². The highest BCUT2D eigenvalue weighted by atomic mass is 16.3. The van der Waals surface area contributed by atoms with Gasteiger partial charge in [-0.15, -0.1) is 0 Å². The summed E-state index contributed by atoms with van der Waals surface area (Å²) in [5.41, 5.74) is 0.875. The van der Waals surface area contributed by atoms with Crippen LogP contribution < -0.4 is 0 Å². The highest BCUT2D eigenvalue weighted by Gasteiger charge is 1.98. The van der Waals surface area contributed by atoms with E-state index < -0.39 is 6.01 Å². The first-order chi connectivity index (χ1) is 5.36. The maximum atomic E-state index is 10.6. The van der Waals surface area contributed by atoms with Gasteiger partial charge in [-0.1, -0.05) is 0 Å². The summed E-state index contributed by atoms with van der Waals surface area (Å²) in [7, 11) is 0. The second kappa shape index (κ2) is 2.12. The number of aromatic nitrogens is 4. The molecule has 0 aromatic carbocycles. The van der Waals surface area contributed by atoms with E-state index in [-0.39, 0.29) is 0 Å². The third kappa shape index (κ3) is 0.958. The van der Waals surface area contributed by atoms with Gasteiger partial charge in [0.1, 0.15) is 5.52 Å². The summed E-state index contributed by atoms with van der Waals surface area (Å²) in [4.78, 5) is 14.7. The Kier molecular flexibility index (Phi) is 1.15. The van der Waals surface area contributed by atoms with Crippen molar-refractivity contribution in [2.75, 3.05) is 0 Å². The van der Waals surface area contributed by atoms with Crippen molar-refractivity contribution in [3.05, 3.63) is 18.6 Å². The van der Waals surface area contributed by atoms with Gasteiger partial charge in [0.05, 0.1) is 6.20 Å². The molecule has 0 aliphatic carbocycles. The Morgan fingerprint density at radius 1 is 1.09 bits per heavy atom. The van der Waals surface area contributed by atoms with Crippen LogP contribution in [0.5, 0.6) is 6.01 Å². The molecule has 0 fully saturated rings. The molecule has 0 spiro atoms. The van der Waals surface area contributed by atoms with Gasteiger partial charge in [0.25, 0.3) is 0 Å². The number of rotatable bonds is 0. The Balaban J connectivity index is 2.83. The number of nitrogens with zero attached hydrogens (tertiary/aromatic N) is 4. The Morgan fingerprint density at radius 2 is 1.91 bits per heavy atom. The van der Waals surface area contributed by atoms with Crippen molar-refractivity contribution in [2.45, 2.75) is 0 Å². The van der Waals surface area contributed by atoms with E-state index in [1.807, 2.05) is 0 Å². The number of fused-ring (bicyclic) bond motifs is 1. The molecule has 0 aliphatic heterocycles. The predicted octanol–water partition coefficient (Wildman–Crippen LogP) is 0.564. The summed E-state index contributed by atoms with van der Waals surface area (Å²) in [5, 5.41) is 10.6. The zero-order valence-electron chi connectivity index (χ0n) is 5.43. The van der Waals surface area contributed by atoms with Crippen LogP contribution in [0.4, 0.5) is 0 Å². The maximum absolute atomic E-state index is 10.6. The summed E-state index contributed by atoms with van der Waals surface area (Å²) in [5.74, 6) is 0. The Morgan fingerprint density at radius 3 is 2.82 bits per heavy atom. The average Bonchev–Trinajstić information content (AvgIpc) is 2.04. The van der Waals surface area contributed by atoms with E-state index in [0.29, 0.717) is 11.2 Å². The zero-order valence-corrected chi connectivity index (χ0v) is 5.43. The Labute approximate surface area is 61.8 Å². The molecule has 2 rings (SSSR count). The van der Waals surface area contributed by atoms with Crippen LogP contribution in [0, 0.1) is 0 Å². The maximum Gasteiger partial charge on any atom is 0.369 e. The van der Waals surface area contributed by atoms with E-state index in [1.165, 1.54) is 18.6 Å². The van der Waals surface area contributed by atoms with Crippen molar-refractivity contribution in [3.63, 3.8) is 0 Å². The molecule has 0 N–H and O–H groups in total. The second-order valence-electron chi connectivity index (χ2n) is 1.92. The summed E-state index contributed by atoms with van der Waals surface area (Å²) < 4.78 is 0. The van der Waals surface area contributed by atoms with Crippen LogP contribution in [0.1, 0.15) is 0 Å². The topological polar surface area (TPSA) is 71.5 Å². The second-order valence-corrected chi connectivity index (χ2v) is 1.92. The lowest BCUT2D eigenvalue weighted by atomic mass is 10.5. The van der Waals surface area contributed by atoms with Gasteiger partial charge < -0.3 is 0 Å². The minimum Gasteiger partial charge on any atom is -0.250 e. The fraction of sp³-hybridized carbons (Fsp3) is 0. The van der Waals surface area contributed by atoms with E-state index in [2.05, 4.69) is 19.9 Å². The molecular formula is C6H3N4O. The van der Waals surface area contributed by atoms with E-state index in [1.54, 1.807) is 0 Å². The molecule has 2 heterocycles. The lowest BCUT2D eigenvalue weighted by molar-refractivity contribution is 0.320. The highest BCUT2D eigenvalue weighted by molar-refractivity contribution is 5.67. The SMILES string of the molecule is [O]c1ncc2nccnc2n1. The van der Waals surface area contributed by atoms with Gasteiger partial charge in [0, 0.05) is 12.4 Å². The molecule has 0 unspecified atom stereocenters. The van der Waals surface area contributed by atoms with Crippen LogP contribution in [0.15, 0.2) is 18.6 Å². The molecule has 53 valence electrons. The number of hydrogen-bond donors (Lipinski definition) is 0. The van der Waals surface area contributed by atoms with Gasteiger partial charge in [-0.05, 0) is 0 Å². The summed E-state index contributed by atoms with van der Waals surface area (Å²) in [6, 6.07) is -0.530. The van der Waals surface area contributed by atoms with Crippen LogP contribution in [0.2, 0.25) is 0 Å². The van der Waals surface area contributed by atoms with Crippen molar-refractivity contribution in [3.8, 4) is 6.01 Å². The molecule has 0 atom stereocenters. The molecule has 1 radical (unpaired) electrons. The Bertz CT molecular complexity index is 389. The fourth-order valence-corrected chi connectivity index (χ4v) is 0.754. The van der Waals surface area contributed by atoms with Crippen LogP contribution >= 0.6 is 0 Å². The van der Waals surface area contributed by atoms with Gasteiger partial charge >= 0.3 is 6.01 Å². The molecule has 5 nitrogen and oxygen atoms in total. The minimum absolute atomic E-state index is 0.340. The molecule has 0 amide bonds. The van der Waals surface area contributed by atoms with E-state index >= 15 is 0 Å². The Hall–Kier alpha value is -1.78. The zero-order chi connectivity index (χ0) is 7.68. The lowest BCUT2D eigenvalue weighted by Gasteiger charge is -1.90. The molecule has 0 aliphatic rings. The largest absolute Gasteiger partial charge is 0.369 e. The van der Waals surface area contributed by atoms with Gasteiger partial charge in [-0.2, -0.15) is 9.97 Å². The number of hydrogen-bond acceptors (Lipinski definition) is 4. The predicted molar refractivity (Wildman–Crippen MR) is 35.3 cm³/mol. The molecule has 2 aromatic rings. The van der Waals surface area contributed by atoms with Crippen LogP contribution in [-0.2, 0) is 5.11 Å². The summed E-state index contributed by atoms with van der Waals surface area (Å²) in [6.45, 7) is 0. The van der Waals surface area contributed by atoms with Gasteiger partial charge in [-0.3, -0.25) is 0 Å². The molecular weight excluding hydrogens is 144 g/mol. The van der Waals surface area contributed by atoms with Crippen molar-refractivity contribution < 1.29 is 5.11 Å². The minimum atomic E-state index is -0.530. The highest BCUT2D eigenvalue weighted by Crippen LogP contribution is 2.05. The quantitative estimate of drug-likeness (QED) is 0.545. The third-order valence-electron chi connectivity index (χ3n) is 1.21. The van der Waals surface area contributed by atoms with Gasteiger partial charge in [0.15, 0.2) is 5.65 Å². The van der Waals surface area contributed by atoms with Crippen LogP contribution in [0.3, 0.4) is 0 Å². The van der Waals surface area contributed by atoms with Crippen molar-refractivity contribution in [1.82, 2.24) is 19.9 Å². The monoisotopic (exact) mass is 147 g/mol. The van der Waals surface area contributed by atoms with Gasteiger partial charge in [-0.25, -0.2) is 15.1 Å². The molecule has 0 bridgehead atoms. The van der Waals surface area contributed by atoms with Crippen molar-refractivity contribution >= 4 is 11.2 Å². The smallest absolute Gasteiger partial charge is 0.250 e. The van der Waals surface area contributed by atoms with Gasteiger partial charge in [0.2, 0.25) is 0 Å². The van der Waals surface area contributed by atoms with E-state index in [9.17, 15) is 5.11 Å². The van der Waals surface area contributed by atoms with Crippen molar-refractivity contribution in [2.24, 2.45) is 0 Å². The van der Waals surface area contributed by atoms with Crippen LogP contribution in [0.25, 0.3) is 11.2 Å². The summed E-state index contributed by atoms with van der Waals surface area (Å²) in [6.07, 6.45) is 4.36. The standard InChI is InChI=1S/C6H3N4O/c11-6-9-3-4-5(10-6)8-2-1-7-4/h1-3H. The van der Waals surface area contributed by atoms with Crippen molar-refractivity contribution in [1.29, 1.82) is 0 Å². The normalized spacial score (nSPS) is 10.2. The molecule has 2 aromatic heterocycles. The van der Waals surface area contributed by atoms with E-state index in [0.717, 1.165) is 0 Å². The van der Waals surface area contributed by atoms with E-state index in [4.69, 9.17) is 0 Å². The lowest BCUT2D eigenvalue weighted by Crippen LogP contribution is -1.87. The third-order valence-corrected chi connectivity index (χ3v) is 1.21. The first kappa shape index (κ1) is 5.96. The molecule has 0 saturated heterocycles. The molecule has 5 heteroatoms. The molecule has 11 heavy (non-hydrogen) atoms. The first-order valence-corrected chi connectivity index (χ1v) is 2.97. The first-order valence-electron chi connectivity index (χ1n) is 2.97. The fourth-order valence-electron chi connectivity index (χ4n) is 0.754. The molecule has 0 saturated carbocycles. The summed E-state index contributed by atoms with van der Waals surface area (Å²) >= 11 is 0.